The number of hydrogen-bond acceptors (Lipinski definition) is 3. The number of benzene rings is 3. The molecule has 170 valence electrons. The average molecular weight is 452 g/mol. The van der Waals surface area contributed by atoms with Crippen molar-refractivity contribution < 1.29 is 4.74 Å². The second kappa shape index (κ2) is 8.90. The predicted molar refractivity (Wildman–Crippen MR) is 134 cm³/mol. The monoisotopic (exact) mass is 451 g/mol. The number of aryl methyl sites for hydroxylation is 1. The summed E-state index contributed by atoms with van der Waals surface area (Å²) in [6.07, 6.45) is 0. The molecule has 5 rings (SSSR count). The van der Waals surface area contributed by atoms with Crippen LogP contribution in [0, 0.1) is 6.92 Å². The highest BCUT2D eigenvalue weighted by Gasteiger charge is 2.20. The van der Waals surface area contributed by atoms with E-state index >= 15 is 0 Å². The zero-order chi connectivity index (χ0) is 23.7. The molecule has 0 bridgehead atoms. The van der Waals surface area contributed by atoms with E-state index in [1.54, 1.807) is 22.4 Å². The minimum absolute atomic E-state index is 0.137. The van der Waals surface area contributed by atoms with Gasteiger partial charge in [-0.1, -0.05) is 60.7 Å². The summed E-state index contributed by atoms with van der Waals surface area (Å²) in [5, 5.41) is 0.544. The molecule has 0 amide bonds. The molecule has 0 aliphatic rings. The molecule has 0 spiro atoms. The summed E-state index contributed by atoms with van der Waals surface area (Å²) in [4.78, 5) is 27.1. The number of rotatable bonds is 6. The van der Waals surface area contributed by atoms with Crippen LogP contribution in [0.2, 0.25) is 0 Å². The van der Waals surface area contributed by atoms with Crippen LogP contribution in [0.4, 0.5) is 0 Å². The van der Waals surface area contributed by atoms with Gasteiger partial charge in [-0.2, -0.15) is 0 Å². The predicted octanol–water partition coefficient (Wildman–Crippen LogP) is 4.37. The Kier molecular flexibility index (Phi) is 5.64. The molecule has 34 heavy (non-hydrogen) atoms. The zero-order valence-electron chi connectivity index (χ0n) is 19.1. The smallest absolute Gasteiger partial charge is 0.281 e. The van der Waals surface area contributed by atoms with Gasteiger partial charge in [0.05, 0.1) is 36.8 Å². The van der Waals surface area contributed by atoms with Crippen molar-refractivity contribution in [1.29, 1.82) is 0 Å². The van der Waals surface area contributed by atoms with Crippen LogP contribution in [-0.2, 0) is 13.1 Å². The van der Waals surface area contributed by atoms with Crippen molar-refractivity contribution in [3.63, 3.8) is 0 Å². The van der Waals surface area contributed by atoms with Crippen LogP contribution < -0.4 is 15.9 Å². The van der Waals surface area contributed by atoms with Crippen molar-refractivity contribution >= 4 is 10.9 Å². The largest absolute Gasteiger partial charge is 0.497 e. The van der Waals surface area contributed by atoms with E-state index in [4.69, 9.17) is 4.74 Å². The molecule has 5 aromatic rings. The summed E-state index contributed by atoms with van der Waals surface area (Å²) in [7, 11) is 1.61. The molecule has 0 N–H and O–H groups in total. The van der Waals surface area contributed by atoms with Crippen LogP contribution in [-0.4, -0.2) is 21.0 Å². The Bertz CT molecular complexity index is 1560. The first-order valence-corrected chi connectivity index (χ1v) is 11.1. The molecule has 0 saturated heterocycles. The summed E-state index contributed by atoms with van der Waals surface area (Å²) in [6, 6.07) is 28.6. The maximum Gasteiger partial charge on any atom is 0.281 e. The Labute approximate surface area is 196 Å². The van der Waals surface area contributed by atoms with E-state index in [1.165, 1.54) is 0 Å². The summed E-state index contributed by atoms with van der Waals surface area (Å²) >= 11 is 0. The third-order valence-corrected chi connectivity index (χ3v) is 6.15. The molecule has 2 aromatic heterocycles. The third kappa shape index (κ3) is 3.83. The molecular weight excluding hydrogens is 426 g/mol. The highest BCUT2D eigenvalue weighted by atomic mass is 16.5. The Balaban J connectivity index is 1.75. The Morgan fingerprint density at radius 3 is 1.94 bits per heavy atom. The second-order valence-electron chi connectivity index (χ2n) is 8.26. The molecule has 0 unspecified atom stereocenters. The van der Waals surface area contributed by atoms with E-state index in [1.807, 2.05) is 96.5 Å². The van der Waals surface area contributed by atoms with Crippen molar-refractivity contribution in [2.75, 3.05) is 7.11 Å². The minimum atomic E-state index is -0.157. The van der Waals surface area contributed by atoms with Gasteiger partial charge in [0.2, 0.25) is 0 Å². The number of aromatic nitrogens is 3. The molecule has 0 aliphatic heterocycles. The van der Waals surface area contributed by atoms with Crippen LogP contribution in [0.5, 0.6) is 5.75 Å². The molecule has 2 heterocycles. The van der Waals surface area contributed by atoms with E-state index in [9.17, 15) is 9.59 Å². The SMILES string of the molecule is COc1ccc(-n2c(=O)c3c(C)n(Cc4ccccc4)c(=O)cc3n2Cc2ccccc2)cc1. The van der Waals surface area contributed by atoms with Crippen LogP contribution in [0.3, 0.4) is 0 Å². The van der Waals surface area contributed by atoms with Crippen molar-refractivity contribution in [1.82, 2.24) is 13.9 Å². The fourth-order valence-corrected chi connectivity index (χ4v) is 4.40. The summed E-state index contributed by atoms with van der Waals surface area (Å²) < 4.78 is 10.5. The number of fused-ring (bicyclic) bond motifs is 1. The normalized spacial score (nSPS) is 11.1. The van der Waals surface area contributed by atoms with E-state index in [0.29, 0.717) is 41.1 Å². The van der Waals surface area contributed by atoms with Crippen LogP contribution >= 0.6 is 0 Å². The fraction of sp³-hybridized carbons (Fsp3) is 0.143. The van der Waals surface area contributed by atoms with Crippen molar-refractivity contribution in [3.8, 4) is 11.4 Å². The third-order valence-electron chi connectivity index (χ3n) is 6.15. The Morgan fingerprint density at radius 2 is 1.35 bits per heavy atom. The maximum absolute atomic E-state index is 13.8. The lowest BCUT2D eigenvalue weighted by molar-refractivity contribution is 0.414. The zero-order valence-corrected chi connectivity index (χ0v) is 19.1. The molecule has 3 aromatic carbocycles. The van der Waals surface area contributed by atoms with Crippen molar-refractivity contribution in [2.45, 2.75) is 20.0 Å². The quantitative estimate of drug-likeness (QED) is 0.385. The van der Waals surface area contributed by atoms with Gasteiger partial charge >= 0.3 is 0 Å². The lowest BCUT2D eigenvalue weighted by Gasteiger charge is -2.14. The van der Waals surface area contributed by atoms with Gasteiger partial charge in [-0.25, -0.2) is 4.68 Å². The highest BCUT2D eigenvalue weighted by molar-refractivity contribution is 5.81. The van der Waals surface area contributed by atoms with Crippen LogP contribution in [0.1, 0.15) is 16.8 Å². The van der Waals surface area contributed by atoms with Crippen molar-refractivity contribution in [3.05, 3.63) is 129 Å². The molecule has 0 fully saturated rings. The lowest BCUT2D eigenvalue weighted by Crippen LogP contribution is -2.23. The van der Waals surface area contributed by atoms with Gasteiger partial charge < -0.3 is 9.30 Å². The standard InChI is InChI=1S/C28H25N3O3/c1-20-27-25(17-26(32)29(20)18-21-9-5-3-6-10-21)30(19-22-11-7-4-8-12-22)31(28(27)33)23-13-15-24(34-2)16-14-23/h3-17H,18-19H2,1-2H3. The molecule has 0 saturated carbocycles. The average Bonchev–Trinajstić information content (AvgIpc) is 3.13. The number of ether oxygens (including phenoxy) is 1. The summed E-state index contributed by atoms with van der Waals surface area (Å²) in [6.45, 7) is 2.71. The molecule has 6 heteroatoms. The molecule has 0 radical (unpaired) electrons. The van der Waals surface area contributed by atoms with E-state index in [2.05, 4.69) is 0 Å². The van der Waals surface area contributed by atoms with Gasteiger partial charge in [0.25, 0.3) is 11.1 Å². The first-order chi connectivity index (χ1) is 16.6. The van der Waals surface area contributed by atoms with E-state index < -0.39 is 0 Å². The van der Waals surface area contributed by atoms with Gasteiger partial charge in [-0.05, 0) is 42.3 Å². The molecule has 6 nitrogen and oxygen atoms in total. The van der Waals surface area contributed by atoms with Gasteiger partial charge in [0, 0.05) is 11.8 Å². The van der Waals surface area contributed by atoms with E-state index in [-0.39, 0.29) is 11.1 Å². The van der Waals surface area contributed by atoms with Gasteiger partial charge in [0.1, 0.15) is 5.75 Å². The highest BCUT2D eigenvalue weighted by Crippen LogP contribution is 2.21. The number of methoxy groups -OCH3 is 1. The fourth-order valence-electron chi connectivity index (χ4n) is 4.40. The lowest BCUT2D eigenvalue weighted by atomic mass is 10.2. The first-order valence-electron chi connectivity index (χ1n) is 11.1. The topological polar surface area (TPSA) is 58.2 Å². The van der Waals surface area contributed by atoms with Gasteiger partial charge in [-0.3, -0.25) is 14.3 Å². The number of pyridine rings is 1. The van der Waals surface area contributed by atoms with Gasteiger partial charge in [-0.15, -0.1) is 0 Å². The Hall–Kier alpha value is -4.32. The molecule has 0 aliphatic carbocycles. The van der Waals surface area contributed by atoms with Crippen LogP contribution in [0.15, 0.2) is 101 Å². The molecular formula is C28H25N3O3. The summed E-state index contributed by atoms with van der Waals surface area (Å²) in [5.74, 6) is 0.709. The van der Waals surface area contributed by atoms with E-state index in [0.717, 1.165) is 11.1 Å². The molecule has 0 atom stereocenters. The Morgan fingerprint density at radius 1 is 0.765 bits per heavy atom. The maximum atomic E-state index is 13.8. The minimum Gasteiger partial charge on any atom is -0.497 e. The first kappa shape index (κ1) is 21.5. The van der Waals surface area contributed by atoms with Gasteiger partial charge in [0.15, 0.2) is 0 Å². The summed E-state index contributed by atoms with van der Waals surface area (Å²) in [5.41, 5.74) is 3.73. The second-order valence-corrected chi connectivity index (χ2v) is 8.26. The van der Waals surface area contributed by atoms with Crippen molar-refractivity contribution in [2.24, 2.45) is 0 Å². The van der Waals surface area contributed by atoms with Crippen LogP contribution in [0.25, 0.3) is 16.6 Å². The number of nitrogens with zero attached hydrogens (tertiary/aromatic N) is 3. The number of hydrogen-bond donors (Lipinski definition) is 0.